The minimum Gasteiger partial charge on any atom is -0.462 e. The Balaban J connectivity index is 2.15. The predicted octanol–water partition coefficient (Wildman–Crippen LogP) is 2.40. The van der Waals surface area contributed by atoms with Crippen LogP contribution >= 0.6 is 0 Å². The Labute approximate surface area is 105 Å². The van der Waals surface area contributed by atoms with E-state index in [1.807, 2.05) is 6.07 Å². The SMILES string of the molecule is CCOC(=O)c1cccc(Nc2cnccn2)c1. The van der Waals surface area contributed by atoms with Gasteiger partial charge in [0.25, 0.3) is 0 Å². The van der Waals surface area contributed by atoms with Crippen LogP contribution in [0.3, 0.4) is 0 Å². The minimum absolute atomic E-state index is 0.333. The number of ether oxygens (including phenoxy) is 1. The lowest BCUT2D eigenvalue weighted by Crippen LogP contribution is -2.05. The van der Waals surface area contributed by atoms with Crippen molar-refractivity contribution in [3.8, 4) is 0 Å². The van der Waals surface area contributed by atoms with Crippen LogP contribution in [-0.2, 0) is 4.74 Å². The molecular formula is C13H13N3O2. The molecule has 1 aromatic carbocycles. The molecule has 0 unspecified atom stereocenters. The van der Waals surface area contributed by atoms with Gasteiger partial charge in [0.05, 0.1) is 18.4 Å². The molecule has 5 heteroatoms. The third-order valence-corrected chi connectivity index (χ3v) is 2.21. The summed E-state index contributed by atoms with van der Waals surface area (Å²) in [6, 6.07) is 7.05. The average molecular weight is 243 g/mol. The quantitative estimate of drug-likeness (QED) is 0.835. The summed E-state index contributed by atoms with van der Waals surface area (Å²) in [4.78, 5) is 19.6. The molecule has 92 valence electrons. The molecule has 18 heavy (non-hydrogen) atoms. The Morgan fingerprint density at radius 3 is 3.00 bits per heavy atom. The summed E-state index contributed by atoms with van der Waals surface area (Å²) in [5, 5.41) is 3.06. The Morgan fingerprint density at radius 1 is 1.39 bits per heavy atom. The van der Waals surface area contributed by atoms with Crippen LogP contribution in [-0.4, -0.2) is 22.5 Å². The number of nitrogens with zero attached hydrogens (tertiary/aromatic N) is 2. The van der Waals surface area contributed by atoms with Crippen molar-refractivity contribution in [3.05, 3.63) is 48.4 Å². The van der Waals surface area contributed by atoms with Crippen LogP contribution in [0.25, 0.3) is 0 Å². The highest BCUT2D eigenvalue weighted by molar-refractivity contribution is 5.90. The molecule has 0 fully saturated rings. The number of anilines is 2. The van der Waals surface area contributed by atoms with E-state index in [4.69, 9.17) is 4.74 Å². The predicted molar refractivity (Wildman–Crippen MR) is 67.7 cm³/mol. The summed E-state index contributed by atoms with van der Waals surface area (Å²) >= 11 is 0. The van der Waals surface area contributed by atoms with Crippen LogP contribution in [0.15, 0.2) is 42.9 Å². The Bertz CT molecular complexity index is 529. The lowest BCUT2D eigenvalue weighted by atomic mass is 10.2. The van der Waals surface area contributed by atoms with Crippen LogP contribution in [0.2, 0.25) is 0 Å². The van der Waals surface area contributed by atoms with Gasteiger partial charge >= 0.3 is 5.97 Å². The van der Waals surface area contributed by atoms with E-state index in [1.165, 1.54) is 0 Å². The minimum atomic E-state index is -0.333. The van der Waals surface area contributed by atoms with Gasteiger partial charge in [-0.25, -0.2) is 9.78 Å². The van der Waals surface area contributed by atoms with Crippen LogP contribution in [0.1, 0.15) is 17.3 Å². The molecule has 0 bridgehead atoms. The van der Waals surface area contributed by atoms with Crippen molar-refractivity contribution in [2.45, 2.75) is 6.92 Å². The van der Waals surface area contributed by atoms with Gasteiger partial charge in [0.1, 0.15) is 5.82 Å². The summed E-state index contributed by atoms with van der Waals surface area (Å²) in [5.41, 5.74) is 1.27. The molecule has 0 spiro atoms. The second kappa shape index (κ2) is 5.77. The fraction of sp³-hybridized carbons (Fsp3) is 0.154. The fourth-order valence-electron chi connectivity index (χ4n) is 1.45. The standard InChI is InChI=1S/C13H13N3O2/c1-2-18-13(17)10-4-3-5-11(8-10)16-12-9-14-6-7-15-12/h3-9H,2H2,1H3,(H,15,16). The van der Waals surface area contributed by atoms with Gasteiger partial charge in [0, 0.05) is 18.1 Å². The monoisotopic (exact) mass is 243 g/mol. The zero-order valence-electron chi connectivity index (χ0n) is 9.96. The lowest BCUT2D eigenvalue weighted by molar-refractivity contribution is 0.0526. The van der Waals surface area contributed by atoms with Crippen LogP contribution in [0.5, 0.6) is 0 Å². The van der Waals surface area contributed by atoms with Gasteiger partial charge in [0.2, 0.25) is 0 Å². The number of hydrogen-bond donors (Lipinski definition) is 1. The molecule has 0 atom stereocenters. The van der Waals surface area contributed by atoms with Crippen LogP contribution < -0.4 is 5.32 Å². The number of carbonyl (C=O) groups excluding carboxylic acids is 1. The van der Waals surface area contributed by atoms with Crippen LogP contribution in [0, 0.1) is 0 Å². The maximum atomic E-state index is 11.6. The van der Waals surface area contributed by atoms with Gasteiger partial charge in [-0.05, 0) is 25.1 Å². The van der Waals surface area contributed by atoms with Gasteiger partial charge < -0.3 is 10.1 Å². The highest BCUT2D eigenvalue weighted by Crippen LogP contribution is 2.15. The molecular weight excluding hydrogens is 230 g/mol. The summed E-state index contributed by atoms with van der Waals surface area (Å²) in [7, 11) is 0. The third kappa shape index (κ3) is 3.04. The number of nitrogens with one attached hydrogen (secondary N) is 1. The molecule has 0 amide bonds. The number of benzene rings is 1. The van der Waals surface area contributed by atoms with Gasteiger partial charge in [-0.2, -0.15) is 0 Å². The molecule has 1 N–H and O–H groups in total. The van der Waals surface area contributed by atoms with Crippen molar-refractivity contribution < 1.29 is 9.53 Å². The van der Waals surface area contributed by atoms with E-state index in [1.54, 1.807) is 43.7 Å². The average Bonchev–Trinajstić information content (AvgIpc) is 2.40. The third-order valence-electron chi connectivity index (χ3n) is 2.21. The van der Waals surface area contributed by atoms with E-state index >= 15 is 0 Å². The van der Waals surface area contributed by atoms with Crippen molar-refractivity contribution >= 4 is 17.5 Å². The first kappa shape index (κ1) is 12.0. The van der Waals surface area contributed by atoms with E-state index in [2.05, 4.69) is 15.3 Å². The highest BCUT2D eigenvalue weighted by atomic mass is 16.5. The summed E-state index contributed by atoms with van der Waals surface area (Å²) < 4.78 is 4.94. The Kier molecular flexibility index (Phi) is 3.86. The molecule has 0 aliphatic heterocycles. The molecule has 0 aliphatic carbocycles. The number of aromatic nitrogens is 2. The van der Waals surface area contributed by atoms with E-state index in [0.717, 1.165) is 5.69 Å². The van der Waals surface area contributed by atoms with E-state index in [9.17, 15) is 4.79 Å². The molecule has 0 radical (unpaired) electrons. The topological polar surface area (TPSA) is 64.1 Å². The first-order valence-corrected chi connectivity index (χ1v) is 5.60. The summed E-state index contributed by atoms with van der Waals surface area (Å²) in [6.07, 6.45) is 4.80. The largest absolute Gasteiger partial charge is 0.462 e. The van der Waals surface area contributed by atoms with Gasteiger partial charge in [-0.15, -0.1) is 0 Å². The van der Waals surface area contributed by atoms with E-state index in [-0.39, 0.29) is 5.97 Å². The van der Waals surface area contributed by atoms with Gasteiger partial charge in [0.15, 0.2) is 0 Å². The van der Waals surface area contributed by atoms with Gasteiger partial charge in [-0.1, -0.05) is 6.07 Å². The molecule has 2 aromatic rings. The fourth-order valence-corrected chi connectivity index (χ4v) is 1.45. The summed E-state index contributed by atoms with van der Waals surface area (Å²) in [5.74, 6) is 0.291. The Morgan fingerprint density at radius 2 is 2.28 bits per heavy atom. The zero-order chi connectivity index (χ0) is 12.8. The van der Waals surface area contributed by atoms with Crippen molar-refractivity contribution in [2.24, 2.45) is 0 Å². The highest BCUT2D eigenvalue weighted by Gasteiger charge is 2.06. The second-order valence-electron chi connectivity index (χ2n) is 3.52. The number of hydrogen-bond acceptors (Lipinski definition) is 5. The number of rotatable bonds is 4. The lowest BCUT2D eigenvalue weighted by Gasteiger charge is -2.06. The molecule has 0 saturated carbocycles. The molecule has 0 aliphatic rings. The molecule has 1 aromatic heterocycles. The molecule has 0 saturated heterocycles. The van der Waals surface area contributed by atoms with E-state index in [0.29, 0.717) is 18.0 Å². The Hall–Kier alpha value is -2.43. The number of esters is 1. The molecule has 1 heterocycles. The van der Waals surface area contributed by atoms with Gasteiger partial charge in [-0.3, -0.25) is 4.98 Å². The summed E-state index contributed by atoms with van der Waals surface area (Å²) in [6.45, 7) is 2.14. The second-order valence-corrected chi connectivity index (χ2v) is 3.52. The van der Waals surface area contributed by atoms with Crippen molar-refractivity contribution in [2.75, 3.05) is 11.9 Å². The van der Waals surface area contributed by atoms with Crippen molar-refractivity contribution in [1.82, 2.24) is 9.97 Å². The molecule has 2 rings (SSSR count). The van der Waals surface area contributed by atoms with E-state index < -0.39 is 0 Å². The first-order valence-electron chi connectivity index (χ1n) is 5.60. The zero-order valence-corrected chi connectivity index (χ0v) is 9.96. The van der Waals surface area contributed by atoms with Crippen LogP contribution in [0.4, 0.5) is 11.5 Å². The van der Waals surface area contributed by atoms with Crippen molar-refractivity contribution in [1.29, 1.82) is 0 Å². The normalized spacial score (nSPS) is 9.83. The smallest absolute Gasteiger partial charge is 0.338 e. The van der Waals surface area contributed by atoms with Crippen molar-refractivity contribution in [3.63, 3.8) is 0 Å². The maximum absolute atomic E-state index is 11.6. The first-order chi connectivity index (χ1) is 8.79. The maximum Gasteiger partial charge on any atom is 0.338 e. The number of carbonyl (C=O) groups is 1. The molecule has 5 nitrogen and oxygen atoms in total.